The van der Waals surface area contributed by atoms with Crippen LogP contribution in [-0.2, 0) is 9.53 Å². The number of fused-ring (bicyclic) bond motifs is 3. The van der Waals surface area contributed by atoms with Crippen LogP contribution in [0.3, 0.4) is 0 Å². The molecule has 0 atom stereocenters. The molecule has 3 N–H and O–H groups in total. The summed E-state index contributed by atoms with van der Waals surface area (Å²) in [7, 11) is 0. The summed E-state index contributed by atoms with van der Waals surface area (Å²) in [4.78, 5) is 36.5. The van der Waals surface area contributed by atoms with Gasteiger partial charge >= 0.3 is 12.1 Å². The number of alkyl carbamates (subject to hydrolysis) is 1. The van der Waals surface area contributed by atoms with Gasteiger partial charge in [0.2, 0.25) is 5.91 Å². The average molecular weight is 473 g/mol. The molecule has 0 aromatic heterocycles. The lowest BCUT2D eigenvalue weighted by molar-refractivity contribution is -0.124. The number of anilines is 1. The highest BCUT2D eigenvalue weighted by Crippen LogP contribution is 2.44. The van der Waals surface area contributed by atoms with Gasteiger partial charge in [-0.1, -0.05) is 74.5 Å². The van der Waals surface area contributed by atoms with E-state index in [1.165, 1.54) is 6.07 Å². The van der Waals surface area contributed by atoms with Crippen molar-refractivity contribution >= 4 is 23.7 Å². The molecule has 0 aliphatic heterocycles. The highest BCUT2D eigenvalue weighted by molar-refractivity contribution is 6.02. The Morgan fingerprint density at radius 3 is 2.09 bits per heavy atom. The van der Waals surface area contributed by atoms with Crippen molar-refractivity contribution in [1.82, 2.24) is 5.32 Å². The number of nitrogens with one attached hydrogen (secondary N) is 2. The zero-order valence-corrected chi connectivity index (χ0v) is 19.7. The van der Waals surface area contributed by atoms with E-state index in [4.69, 9.17) is 4.74 Å². The molecule has 2 amide bonds. The van der Waals surface area contributed by atoms with Crippen molar-refractivity contribution in [3.8, 4) is 11.1 Å². The molecule has 0 spiro atoms. The van der Waals surface area contributed by atoms with E-state index in [0.29, 0.717) is 6.42 Å². The smallest absolute Gasteiger partial charge is 0.407 e. The molecule has 180 valence electrons. The molecule has 0 fully saturated rings. The summed E-state index contributed by atoms with van der Waals surface area (Å²) in [5, 5.41) is 14.7. The van der Waals surface area contributed by atoms with Crippen LogP contribution in [0.5, 0.6) is 0 Å². The van der Waals surface area contributed by atoms with Crippen molar-refractivity contribution in [3.05, 3.63) is 89.5 Å². The van der Waals surface area contributed by atoms with Crippen LogP contribution in [0.1, 0.15) is 47.7 Å². The first kappa shape index (κ1) is 24.0. The molecule has 0 unspecified atom stereocenters. The third-order valence-electron chi connectivity index (χ3n) is 6.38. The number of hydrogen-bond acceptors (Lipinski definition) is 4. The molecule has 3 aromatic carbocycles. The van der Waals surface area contributed by atoms with Gasteiger partial charge in [-0.15, -0.1) is 0 Å². The molecule has 0 radical (unpaired) electrons. The van der Waals surface area contributed by atoms with Crippen molar-refractivity contribution in [2.24, 2.45) is 5.41 Å². The second-order valence-electron chi connectivity index (χ2n) is 9.19. The van der Waals surface area contributed by atoms with Crippen molar-refractivity contribution < 1.29 is 24.2 Å². The summed E-state index contributed by atoms with van der Waals surface area (Å²) >= 11 is 0. The Morgan fingerprint density at radius 1 is 0.886 bits per heavy atom. The summed E-state index contributed by atoms with van der Waals surface area (Å²) in [6.07, 6.45) is -0.197. The van der Waals surface area contributed by atoms with Gasteiger partial charge in [0.1, 0.15) is 6.61 Å². The Bertz CT molecular complexity index is 1220. The molecule has 7 nitrogen and oxygen atoms in total. The van der Waals surface area contributed by atoms with E-state index in [-0.39, 0.29) is 36.2 Å². The molecule has 0 saturated carbocycles. The summed E-state index contributed by atoms with van der Waals surface area (Å²) in [6.45, 7) is 3.93. The maximum absolute atomic E-state index is 12.8. The number of benzene rings is 3. The van der Waals surface area contributed by atoms with Crippen LogP contribution in [0, 0.1) is 5.41 Å². The molecule has 3 aromatic rings. The summed E-state index contributed by atoms with van der Waals surface area (Å²) in [5.41, 5.74) is 4.02. The first-order valence-corrected chi connectivity index (χ1v) is 11.5. The van der Waals surface area contributed by atoms with Crippen LogP contribution in [0.15, 0.2) is 72.8 Å². The number of carboxylic acid groups (broad SMARTS) is 1. The van der Waals surface area contributed by atoms with Crippen molar-refractivity contribution in [2.75, 3.05) is 18.5 Å². The number of rotatable bonds is 8. The van der Waals surface area contributed by atoms with Gasteiger partial charge in [0.25, 0.3) is 0 Å². The largest absolute Gasteiger partial charge is 0.478 e. The number of aromatic carboxylic acids is 1. The Kier molecular flexibility index (Phi) is 6.87. The number of ether oxygens (including phenoxy) is 1. The zero-order chi connectivity index (χ0) is 25.0. The fourth-order valence-electron chi connectivity index (χ4n) is 4.31. The minimum absolute atomic E-state index is 0.0217. The van der Waals surface area contributed by atoms with Crippen LogP contribution in [0.2, 0.25) is 0 Å². The lowest BCUT2D eigenvalue weighted by Crippen LogP contribution is -2.36. The monoisotopic (exact) mass is 472 g/mol. The number of para-hydroxylation sites is 1. The maximum Gasteiger partial charge on any atom is 0.407 e. The molecule has 1 aliphatic rings. The van der Waals surface area contributed by atoms with Crippen LogP contribution >= 0.6 is 0 Å². The van der Waals surface area contributed by atoms with Gasteiger partial charge in [0.15, 0.2) is 0 Å². The fourth-order valence-corrected chi connectivity index (χ4v) is 4.31. The van der Waals surface area contributed by atoms with E-state index < -0.39 is 17.5 Å². The van der Waals surface area contributed by atoms with Gasteiger partial charge < -0.3 is 20.5 Å². The third-order valence-corrected chi connectivity index (χ3v) is 6.38. The van der Waals surface area contributed by atoms with E-state index >= 15 is 0 Å². The van der Waals surface area contributed by atoms with Gasteiger partial charge in [0.05, 0.1) is 11.3 Å². The molecular formula is C28H28N2O5. The standard InChI is InChI=1S/C28H28N2O5/c1-28(2,26(33)30-24-14-8-7-13-22(24)25(31)32)15-16-29-27(34)35-17-23-20-11-5-3-9-18(20)19-10-4-6-12-21(19)23/h3-14,23H,15-17H2,1-2H3,(H,29,34)(H,30,33)(H,31,32). The minimum Gasteiger partial charge on any atom is -0.478 e. The van der Waals surface area contributed by atoms with Gasteiger partial charge in [0, 0.05) is 17.9 Å². The third kappa shape index (κ3) is 5.19. The molecule has 0 saturated heterocycles. The molecule has 0 heterocycles. The van der Waals surface area contributed by atoms with E-state index in [1.807, 2.05) is 24.3 Å². The van der Waals surface area contributed by atoms with Gasteiger partial charge in [-0.3, -0.25) is 4.79 Å². The number of carboxylic acids is 1. The van der Waals surface area contributed by atoms with Crippen LogP contribution < -0.4 is 10.6 Å². The van der Waals surface area contributed by atoms with Gasteiger partial charge in [-0.25, -0.2) is 9.59 Å². The van der Waals surface area contributed by atoms with Crippen molar-refractivity contribution in [2.45, 2.75) is 26.2 Å². The average Bonchev–Trinajstić information content (AvgIpc) is 3.16. The SMILES string of the molecule is CC(C)(CCNC(=O)OCC1c2ccccc2-c2ccccc21)C(=O)Nc1ccccc1C(=O)O. The Labute approximate surface area is 204 Å². The van der Waals surface area contributed by atoms with E-state index in [1.54, 1.807) is 32.0 Å². The molecule has 7 heteroatoms. The first-order chi connectivity index (χ1) is 16.8. The van der Waals surface area contributed by atoms with Crippen LogP contribution in [-0.4, -0.2) is 36.2 Å². The fraction of sp³-hybridized carbons (Fsp3) is 0.250. The van der Waals surface area contributed by atoms with Crippen LogP contribution in [0.25, 0.3) is 11.1 Å². The summed E-state index contributed by atoms with van der Waals surface area (Å²) in [5.74, 6) is -1.47. The quantitative estimate of drug-likeness (QED) is 0.414. The van der Waals surface area contributed by atoms with Gasteiger partial charge in [-0.05, 0) is 40.8 Å². The summed E-state index contributed by atoms with van der Waals surface area (Å²) < 4.78 is 5.54. The lowest BCUT2D eigenvalue weighted by atomic mass is 9.88. The normalized spacial score (nSPS) is 12.4. The second kappa shape index (κ2) is 10.0. The topological polar surface area (TPSA) is 105 Å². The minimum atomic E-state index is -1.12. The van der Waals surface area contributed by atoms with E-state index in [2.05, 4.69) is 34.9 Å². The molecule has 4 rings (SSSR count). The number of amides is 2. The highest BCUT2D eigenvalue weighted by atomic mass is 16.5. The Morgan fingerprint density at radius 2 is 1.46 bits per heavy atom. The molecule has 0 bridgehead atoms. The summed E-state index contributed by atoms with van der Waals surface area (Å²) in [6, 6.07) is 22.5. The zero-order valence-electron chi connectivity index (χ0n) is 19.7. The van der Waals surface area contributed by atoms with Crippen LogP contribution in [0.4, 0.5) is 10.5 Å². The number of carbonyl (C=O) groups excluding carboxylic acids is 2. The van der Waals surface area contributed by atoms with Gasteiger partial charge in [-0.2, -0.15) is 0 Å². The highest BCUT2D eigenvalue weighted by Gasteiger charge is 2.30. The molecule has 1 aliphatic carbocycles. The predicted octanol–water partition coefficient (Wildman–Crippen LogP) is 5.28. The van der Waals surface area contributed by atoms with Crippen molar-refractivity contribution in [3.63, 3.8) is 0 Å². The second-order valence-corrected chi connectivity index (χ2v) is 9.19. The molecule has 35 heavy (non-hydrogen) atoms. The molecular weight excluding hydrogens is 444 g/mol. The van der Waals surface area contributed by atoms with E-state index in [9.17, 15) is 19.5 Å². The number of carbonyl (C=O) groups is 3. The Balaban J connectivity index is 1.29. The predicted molar refractivity (Wildman–Crippen MR) is 134 cm³/mol. The maximum atomic E-state index is 12.8. The number of hydrogen-bond donors (Lipinski definition) is 3. The first-order valence-electron chi connectivity index (χ1n) is 11.5. The lowest BCUT2D eigenvalue weighted by Gasteiger charge is -2.24. The Hall–Kier alpha value is -4.13. The van der Waals surface area contributed by atoms with Crippen molar-refractivity contribution in [1.29, 1.82) is 0 Å². The van der Waals surface area contributed by atoms with E-state index in [0.717, 1.165) is 22.3 Å².